The van der Waals surface area contributed by atoms with E-state index in [0.717, 1.165) is 38.2 Å². The van der Waals surface area contributed by atoms with Crippen LogP contribution in [0.2, 0.25) is 10.0 Å². The molecule has 2 fully saturated rings. The van der Waals surface area contributed by atoms with Crippen LogP contribution in [0.5, 0.6) is 0 Å². The molecule has 4 rings (SSSR count). The first kappa shape index (κ1) is 18.8. The second-order valence-electron chi connectivity index (χ2n) is 7.77. The minimum atomic E-state index is 0.308. The number of hydrogen-bond acceptors (Lipinski definition) is 5. The molecule has 0 bridgehead atoms. The van der Waals surface area contributed by atoms with Crippen LogP contribution >= 0.6 is 23.2 Å². The van der Waals surface area contributed by atoms with E-state index in [9.17, 15) is 0 Å². The van der Waals surface area contributed by atoms with Gasteiger partial charge in [0.2, 0.25) is 0 Å². The fourth-order valence-corrected chi connectivity index (χ4v) is 4.97. The number of rotatable bonds is 2. The van der Waals surface area contributed by atoms with Gasteiger partial charge >= 0.3 is 0 Å². The average Bonchev–Trinajstić information content (AvgIpc) is 2.67. The molecule has 1 saturated carbocycles. The summed E-state index contributed by atoms with van der Waals surface area (Å²) in [4.78, 5) is 11.4. The highest BCUT2D eigenvalue weighted by Crippen LogP contribution is 2.44. The van der Waals surface area contributed by atoms with Crippen LogP contribution in [0, 0.1) is 5.41 Å². The zero-order valence-corrected chi connectivity index (χ0v) is 16.8. The summed E-state index contributed by atoms with van der Waals surface area (Å²) in [6.45, 7) is 1.89. The fraction of sp³-hybridized carbons (Fsp3) is 0.500. The minimum Gasteiger partial charge on any atom is -0.382 e. The summed E-state index contributed by atoms with van der Waals surface area (Å²) in [6.07, 6.45) is 8.97. The maximum absolute atomic E-state index is 6.47. The lowest BCUT2D eigenvalue weighted by atomic mass is 9.65. The van der Waals surface area contributed by atoms with Crippen molar-refractivity contribution in [1.82, 2.24) is 9.97 Å². The number of anilines is 2. The number of halogens is 2. The summed E-state index contributed by atoms with van der Waals surface area (Å²) in [5.74, 6) is 1.18. The van der Waals surface area contributed by atoms with Gasteiger partial charge < -0.3 is 16.4 Å². The molecule has 1 atom stereocenters. The molecule has 1 spiro atoms. The van der Waals surface area contributed by atoms with E-state index in [1.165, 1.54) is 19.3 Å². The Hall–Kier alpha value is -1.56. The lowest BCUT2D eigenvalue weighted by Crippen LogP contribution is -2.51. The third-order valence-corrected chi connectivity index (χ3v) is 7.12. The molecule has 5 nitrogen and oxygen atoms in total. The summed E-state index contributed by atoms with van der Waals surface area (Å²) in [7, 11) is 0. The Bertz CT molecular complexity index is 833. The Morgan fingerprint density at radius 3 is 2.59 bits per heavy atom. The molecule has 2 aliphatic rings. The molecule has 0 amide bonds. The molecule has 1 aromatic heterocycles. The number of benzene rings is 1. The number of aromatic nitrogens is 2. The lowest BCUT2D eigenvalue weighted by molar-refractivity contribution is 0.113. The molecule has 2 heterocycles. The molecule has 2 aromatic rings. The Morgan fingerprint density at radius 2 is 1.89 bits per heavy atom. The van der Waals surface area contributed by atoms with Gasteiger partial charge in [-0.1, -0.05) is 48.2 Å². The van der Waals surface area contributed by atoms with Gasteiger partial charge in [0, 0.05) is 24.7 Å². The maximum atomic E-state index is 6.47. The first-order valence-corrected chi connectivity index (χ1v) is 10.3. The van der Waals surface area contributed by atoms with Crippen molar-refractivity contribution < 1.29 is 0 Å². The smallest absolute Gasteiger partial charge is 0.152 e. The second kappa shape index (κ2) is 7.46. The van der Waals surface area contributed by atoms with Crippen molar-refractivity contribution >= 4 is 34.8 Å². The quantitative estimate of drug-likeness (QED) is 0.767. The molecular weight excluding hydrogens is 381 g/mol. The van der Waals surface area contributed by atoms with Crippen molar-refractivity contribution in [2.45, 2.75) is 44.6 Å². The van der Waals surface area contributed by atoms with Gasteiger partial charge in [-0.05, 0) is 37.2 Å². The third kappa shape index (κ3) is 3.48. The normalized spacial score (nSPS) is 22.2. The Kier molecular flexibility index (Phi) is 5.19. The standard InChI is InChI=1S/C20H25Cl2N5/c21-14-5-3-4-13(17(14)22)18-19(24)26-16(12-25-18)27-10-8-20(9-11-27)7-2-1-6-15(20)23/h3-5,12,15H,1-2,6-11,23H2,(H2,24,26)/t15-/m1/s1. The predicted molar refractivity (Wildman–Crippen MR) is 112 cm³/mol. The van der Waals surface area contributed by atoms with Crippen LogP contribution in [0.4, 0.5) is 11.6 Å². The van der Waals surface area contributed by atoms with E-state index >= 15 is 0 Å². The summed E-state index contributed by atoms with van der Waals surface area (Å²) >= 11 is 12.4. The number of nitrogens with zero attached hydrogens (tertiary/aromatic N) is 3. The molecule has 0 unspecified atom stereocenters. The molecular formula is C20H25Cl2N5. The topological polar surface area (TPSA) is 81.1 Å². The number of nitrogen functional groups attached to an aromatic ring is 1. The Labute approximate surface area is 170 Å². The van der Waals surface area contributed by atoms with E-state index in [2.05, 4.69) is 14.9 Å². The first-order valence-electron chi connectivity index (χ1n) is 9.58. The third-order valence-electron chi connectivity index (χ3n) is 6.30. The molecule has 1 saturated heterocycles. The van der Waals surface area contributed by atoms with Crippen molar-refractivity contribution in [1.29, 1.82) is 0 Å². The van der Waals surface area contributed by atoms with Gasteiger partial charge in [0.25, 0.3) is 0 Å². The fourth-order valence-electron chi connectivity index (χ4n) is 4.58. The van der Waals surface area contributed by atoms with Crippen LogP contribution < -0.4 is 16.4 Å². The Balaban J connectivity index is 1.53. The molecule has 4 N–H and O–H groups in total. The van der Waals surface area contributed by atoms with Gasteiger partial charge in [0.15, 0.2) is 5.82 Å². The van der Waals surface area contributed by atoms with Gasteiger partial charge in [-0.15, -0.1) is 0 Å². The monoisotopic (exact) mass is 405 g/mol. The van der Waals surface area contributed by atoms with E-state index in [1.807, 2.05) is 12.1 Å². The minimum absolute atomic E-state index is 0.308. The second-order valence-corrected chi connectivity index (χ2v) is 8.55. The Morgan fingerprint density at radius 1 is 1.11 bits per heavy atom. The van der Waals surface area contributed by atoms with E-state index in [0.29, 0.717) is 38.6 Å². The van der Waals surface area contributed by atoms with E-state index in [-0.39, 0.29) is 0 Å². The average molecular weight is 406 g/mol. The van der Waals surface area contributed by atoms with Crippen LogP contribution in [-0.2, 0) is 0 Å². The molecule has 1 aromatic carbocycles. The van der Waals surface area contributed by atoms with Crippen molar-refractivity contribution in [2.24, 2.45) is 11.1 Å². The van der Waals surface area contributed by atoms with Gasteiger partial charge in [0.1, 0.15) is 11.5 Å². The molecule has 1 aliphatic carbocycles. The summed E-state index contributed by atoms with van der Waals surface area (Å²) in [6, 6.07) is 5.75. The van der Waals surface area contributed by atoms with Crippen molar-refractivity contribution in [3.8, 4) is 11.3 Å². The zero-order valence-electron chi connectivity index (χ0n) is 15.3. The van der Waals surface area contributed by atoms with E-state index in [4.69, 9.17) is 34.7 Å². The van der Waals surface area contributed by atoms with Crippen molar-refractivity contribution in [3.05, 3.63) is 34.4 Å². The van der Waals surface area contributed by atoms with Crippen LogP contribution in [0.3, 0.4) is 0 Å². The molecule has 27 heavy (non-hydrogen) atoms. The van der Waals surface area contributed by atoms with Crippen LogP contribution in [0.1, 0.15) is 38.5 Å². The maximum Gasteiger partial charge on any atom is 0.152 e. The number of nitrogens with two attached hydrogens (primary N) is 2. The first-order chi connectivity index (χ1) is 13.0. The zero-order chi connectivity index (χ0) is 19.0. The largest absolute Gasteiger partial charge is 0.382 e. The number of piperidine rings is 1. The van der Waals surface area contributed by atoms with Gasteiger partial charge in [-0.2, -0.15) is 0 Å². The van der Waals surface area contributed by atoms with E-state index in [1.54, 1.807) is 12.3 Å². The SMILES string of the molecule is Nc1nc(N2CCC3(CCCC[C@H]3N)CC2)cnc1-c1cccc(Cl)c1Cl. The van der Waals surface area contributed by atoms with Gasteiger partial charge in [0.05, 0.1) is 16.2 Å². The molecule has 144 valence electrons. The van der Waals surface area contributed by atoms with Gasteiger partial charge in [-0.3, -0.25) is 0 Å². The lowest BCUT2D eigenvalue weighted by Gasteiger charge is -2.48. The molecule has 0 radical (unpaired) electrons. The molecule has 1 aliphatic heterocycles. The van der Waals surface area contributed by atoms with Gasteiger partial charge in [-0.25, -0.2) is 9.97 Å². The van der Waals surface area contributed by atoms with Crippen molar-refractivity contribution in [2.75, 3.05) is 23.7 Å². The van der Waals surface area contributed by atoms with Crippen molar-refractivity contribution in [3.63, 3.8) is 0 Å². The van der Waals surface area contributed by atoms with Crippen LogP contribution in [0.25, 0.3) is 11.3 Å². The number of hydrogen-bond donors (Lipinski definition) is 2. The molecule has 7 heteroatoms. The highest BCUT2D eigenvalue weighted by molar-refractivity contribution is 6.43. The summed E-state index contributed by atoms with van der Waals surface area (Å²) < 4.78 is 0. The van der Waals surface area contributed by atoms with E-state index < -0.39 is 0 Å². The van der Waals surface area contributed by atoms with Crippen LogP contribution in [0.15, 0.2) is 24.4 Å². The highest BCUT2D eigenvalue weighted by atomic mass is 35.5. The highest BCUT2D eigenvalue weighted by Gasteiger charge is 2.41. The predicted octanol–water partition coefficient (Wildman–Crippen LogP) is 4.52. The van der Waals surface area contributed by atoms with Crippen LogP contribution in [-0.4, -0.2) is 29.1 Å². The summed E-state index contributed by atoms with van der Waals surface area (Å²) in [5, 5.41) is 0.920. The summed E-state index contributed by atoms with van der Waals surface area (Å²) in [5.41, 5.74) is 14.3.